The Morgan fingerprint density at radius 1 is 1.33 bits per heavy atom. The molecule has 0 radical (unpaired) electrons. The Kier molecular flexibility index (Phi) is 5.96. The molecule has 1 fully saturated rings. The maximum absolute atomic E-state index is 13.1. The first-order chi connectivity index (χ1) is 11.1. The van der Waals surface area contributed by atoms with Crippen molar-refractivity contribution in [2.75, 3.05) is 13.1 Å². The molecule has 1 aromatic carbocycles. The fourth-order valence-corrected chi connectivity index (χ4v) is 3.08. The Labute approximate surface area is 146 Å². The van der Waals surface area contributed by atoms with Gasteiger partial charge >= 0.3 is 0 Å². The van der Waals surface area contributed by atoms with Crippen LogP contribution in [0.25, 0.3) is 11.3 Å². The SMILES string of the molecule is CC(N)C1CCN(C(=O)c2cn[nH]c2-c2ccc(F)cc2)CC1.Cl. The summed E-state index contributed by atoms with van der Waals surface area (Å²) in [5.41, 5.74) is 7.85. The van der Waals surface area contributed by atoms with Crippen molar-refractivity contribution in [2.45, 2.75) is 25.8 Å². The number of H-pyrrole nitrogens is 1. The monoisotopic (exact) mass is 352 g/mol. The summed E-state index contributed by atoms with van der Waals surface area (Å²) in [6, 6.07) is 6.19. The number of aromatic nitrogens is 2. The second kappa shape index (κ2) is 7.77. The third kappa shape index (κ3) is 3.76. The second-order valence-electron chi connectivity index (χ2n) is 6.15. The Morgan fingerprint density at radius 2 is 1.96 bits per heavy atom. The van der Waals surface area contributed by atoms with E-state index in [0.717, 1.165) is 18.4 Å². The summed E-state index contributed by atoms with van der Waals surface area (Å²) in [7, 11) is 0. The van der Waals surface area contributed by atoms with Crippen molar-refractivity contribution in [1.29, 1.82) is 0 Å². The average molecular weight is 353 g/mol. The van der Waals surface area contributed by atoms with Crippen LogP contribution in [0, 0.1) is 11.7 Å². The molecule has 1 aliphatic rings. The van der Waals surface area contributed by atoms with Crippen molar-refractivity contribution in [1.82, 2.24) is 15.1 Å². The van der Waals surface area contributed by atoms with Crippen molar-refractivity contribution in [3.05, 3.63) is 41.8 Å². The van der Waals surface area contributed by atoms with E-state index in [4.69, 9.17) is 5.73 Å². The molecule has 2 heterocycles. The molecule has 0 bridgehead atoms. The summed E-state index contributed by atoms with van der Waals surface area (Å²) >= 11 is 0. The number of carbonyl (C=O) groups is 1. The molecule has 1 aromatic heterocycles. The number of hydrogen-bond acceptors (Lipinski definition) is 3. The first-order valence-corrected chi connectivity index (χ1v) is 7.90. The number of likely N-dealkylation sites (tertiary alicyclic amines) is 1. The third-order valence-electron chi connectivity index (χ3n) is 4.57. The molecule has 1 aliphatic heterocycles. The summed E-state index contributed by atoms with van der Waals surface area (Å²) in [6.07, 6.45) is 3.39. The van der Waals surface area contributed by atoms with Gasteiger partial charge in [0, 0.05) is 24.7 Å². The van der Waals surface area contributed by atoms with Gasteiger partial charge in [0.05, 0.1) is 17.5 Å². The van der Waals surface area contributed by atoms with Crippen molar-refractivity contribution >= 4 is 18.3 Å². The fourth-order valence-electron chi connectivity index (χ4n) is 3.08. The lowest BCUT2D eigenvalue weighted by Gasteiger charge is -2.33. The molecule has 5 nitrogen and oxygen atoms in total. The molecule has 0 aliphatic carbocycles. The number of rotatable bonds is 3. The molecular formula is C17H22ClFN4O. The minimum Gasteiger partial charge on any atom is -0.339 e. The number of nitrogens with zero attached hydrogens (tertiary/aromatic N) is 2. The first kappa shape index (κ1) is 18.4. The lowest BCUT2D eigenvalue weighted by atomic mass is 9.90. The van der Waals surface area contributed by atoms with Gasteiger partial charge < -0.3 is 10.6 Å². The van der Waals surface area contributed by atoms with E-state index in [9.17, 15) is 9.18 Å². The van der Waals surface area contributed by atoms with Gasteiger partial charge in [0.2, 0.25) is 0 Å². The molecule has 3 rings (SSSR count). The molecule has 7 heteroatoms. The van der Waals surface area contributed by atoms with E-state index in [1.807, 2.05) is 11.8 Å². The van der Waals surface area contributed by atoms with E-state index in [1.165, 1.54) is 12.1 Å². The van der Waals surface area contributed by atoms with Crippen LogP contribution in [0.5, 0.6) is 0 Å². The minimum atomic E-state index is -0.306. The van der Waals surface area contributed by atoms with E-state index in [0.29, 0.717) is 30.3 Å². The van der Waals surface area contributed by atoms with Gasteiger partial charge in [-0.15, -0.1) is 12.4 Å². The molecule has 1 unspecified atom stereocenters. The van der Waals surface area contributed by atoms with Crippen molar-refractivity contribution in [3.63, 3.8) is 0 Å². The van der Waals surface area contributed by atoms with Gasteiger partial charge in [0.25, 0.3) is 5.91 Å². The lowest BCUT2D eigenvalue weighted by molar-refractivity contribution is 0.0682. The van der Waals surface area contributed by atoms with Gasteiger partial charge in [0.15, 0.2) is 0 Å². The van der Waals surface area contributed by atoms with Crippen LogP contribution in [0.2, 0.25) is 0 Å². The van der Waals surface area contributed by atoms with Crippen LogP contribution < -0.4 is 5.73 Å². The van der Waals surface area contributed by atoms with Crippen LogP contribution in [0.3, 0.4) is 0 Å². The maximum Gasteiger partial charge on any atom is 0.257 e. The summed E-state index contributed by atoms with van der Waals surface area (Å²) in [6.45, 7) is 3.43. The molecule has 1 amide bonds. The summed E-state index contributed by atoms with van der Waals surface area (Å²) < 4.78 is 13.1. The number of aromatic amines is 1. The van der Waals surface area contributed by atoms with Gasteiger partial charge in [-0.05, 0) is 49.9 Å². The number of nitrogens with one attached hydrogen (secondary N) is 1. The average Bonchev–Trinajstić information content (AvgIpc) is 3.04. The molecule has 1 atom stereocenters. The van der Waals surface area contributed by atoms with Crippen LogP contribution in [-0.2, 0) is 0 Å². The van der Waals surface area contributed by atoms with E-state index >= 15 is 0 Å². The van der Waals surface area contributed by atoms with Gasteiger partial charge in [-0.2, -0.15) is 5.10 Å². The smallest absolute Gasteiger partial charge is 0.257 e. The van der Waals surface area contributed by atoms with Crippen molar-refractivity contribution < 1.29 is 9.18 Å². The Bertz CT molecular complexity index is 678. The number of halogens is 2. The van der Waals surface area contributed by atoms with Crippen molar-refractivity contribution in [3.8, 4) is 11.3 Å². The molecule has 0 spiro atoms. The van der Waals surface area contributed by atoms with Gasteiger partial charge in [-0.3, -0.25) is 9.89 Å². The van der Waals surface area contributed by atoms with Gasteiger partial charge in [-0.1, -0.05) is 0 Å². The Morgan fingerprint density at radius 3 is 2.54 bits per heavy atom. The predicted molar refractivity (Wildman–Crippen MR) is 93.5 cm³/mol. The van der Waals surface area contributed by atoms with Crippen LogP contribution in [0.1, 0.15) is 30.1 Å². The Balaban J connectivity index is 0.00000208. The largest absolute Gasteiger partial charge is 0.339 e. The van der Waals surface area contributed by atoms with Gasteiger partial charge in [-0.25, -0.2) is 4.39 Å². The molecule has 3 N–H and O–H groups in total. The van der Waals surface area contributed by atoms with E-state index in [1.54, 1.807) is 18.3 Å². The number of nitrogens with two attached hydrogens (primary N) is 1. The third-order valence-corrected chi connectivity index (χ3v) is 4.57. The standard InChI is InChI=1S/C17H21FN4O.ClH/c1-11(19)12-6-8-22(9-7-12)17(23)15-10-20-21-16(15)13-2-4-14(18)5-3-13;/h2-5,10-12H,6-9,19H2,1H3,(H,20,21);1H. The zero-order valence-electron chi connectivity index (χ0n) is 13.5. The summed E-state index contributed by atoms with van der Waals surface area (Å²) in [5.74, 6) is 0.125. The minimum absolute atomic E-state index is 0. The zero-order valence-corrected chi connectivity index (χ0v) is 14.4. The van der Waals surface area contributed by atoms with E-state index < -0.39 is 0 Å². The highest BCUT2D eigenvalue weighted by molar-refractivity contribution is 5.99. The molecule has 1 saturated heterocycles. The second-order valence-corrected chi connectivity index (χ2v) is 6.15. The Hall–Kier alpha value is -1.92. The molecule has 2 aromatic rings. The van der Waals surface area contributed by atoms with Crippen LogP contribution >= 0.6 is 12.4 Å². The quantitative estimate of drug-likeness (QED) is 0.891. The highest BCUT2D eigenvalue weighted by Gasteiger charge is 2.27. The maximum atomic E-state index is 13.1. The molecule has 130 valence electrons. The molecular weight excluding hydrogens is 331 g/mol. The zero-order chi connectivity index (χ0) is 16.4. The first-order valence-electron chi connectivity index (χ1n) is 7.90. The molecule has 0 saturated carbocycles. The van der Waals surface area contributed by atoms with Crippen molar-refractivity contribution in [2.24, 2.45) is 11.7 Å². The highest BCUT2D eigenvalue weighted by atomic mass is 35.5. The van der Waals surface area contributed by atoms with E-state index in [2.05, 4.69) is 10.2 Å². The summed E-state index contributed by atoms with van der Waals surface area (Å²) in [5, 5.41) is 6.84. The number of amides is 1. The van der Waals surface area contributed by atoms with Crippen LogP contribution in [0.15, 0.2) is 30.5 Å². The van der Waals surface area contributed by atoms with Crippen LogP contribution in [0.4, 0.5) is 4.39 Å². The van der Waals surface area contributed by atoms with E-state index in [-0.39, 0.29) is 30.2 Å². The predicted octanol–water partition coefficient (Wildman–Crippen LogP) is 2.84. The number of hydrogen-bond donors (Lipinski definition) is 2. The fraction of sp³-hybridized carbons (Fsp3) is 0.412. The molecule has 24 heavy (non-hydrogen) atoms. The highest BCUT2D eigenvalue weighted by Crippen LogP contribution is 2.25. The number of benzene rings is 1. The number of carbonyl (C=O) groups excluding carboxylic acids is 1. The number of piperidine rings is 1. The normalized spacial score (nSPS) is 16.5. The lowest BCUT2D eigenvalue weighted by Crippen LogP contribution is -2.42. The summed E-state index contributed by atoms with van der Waals surface area (Å²) in [4.78, 5) is 14.6. The topological polar surface area (TPSA) is 75.0 Å². The van der Waals surface area contributed by atoms with Crippen LogP contribution in [-0.4, -0.2) is 40.1 Å². The van der Waals surface area contributed by atoms with Gasteiger partial charge in [0.1, 0.15) is 5.82 Å².